The third-order valence-corrected chi connectivity index (χ3v) is 7.53. The third kappa shape index (κ3) is 6.72. The summed E-state index contributed by atoms with van der Waals surface area (Å²) in [6.45, 7) is 1.30. The zero-order valence-corrected chi connectivity index (χ0v) is 24.0. The number of methoxy groups -OCH3 is 1. The van der Waals surface area contributed by atoms with E-state index in [1.165, 1.54) is 0 Å². The zero-order valence-electron chi connectivity index (χ0n) is 22.3. The number of nitrogens with one attached hydrogen (secondary N) is 1. The van der Waals surface area contributed by atoms with Gasteiger partial charge in [-0.3, -0.25) is 14.6 Å². The number of likely N-dealkylation sites (tertiary alicyclic amines) is 1. The summed E-state index contributed by atoms with van der Waals surface area (Å²) < 4.78 is 5.74. The number of rotatable bonds is 7. The molecule has 3 heterocycles. The Morgan fingerprint density at radius 3 is 2.56 bits per heavy atom. The van der Waals surface area contributed by atoms with Gasteiger partial charge in [-0.05, 0) is 54.7 Å². The largest absolute Gasteiger partial charge is 0.496 e. The minimum atomic E-state index is -0.0842. The quantitative estimate of drug-likeness (QED) is 0.437. The maximum Gasteiger partial charge on any atom is 0.229 e. The Labute approximate surface area is 242 Å². The Kier molecular flexibility index (Phi) is 10.7. The molecule has 2 aliphatic heterocycles. The van der Waals surface area contributed by atoms with Crippen LogP contribution in [0.25, 0.3) is 0 Å². The summed E-state index contributed by atoms with van der Waals surface area (Å²) in [4.78, 5) is 33.9. The highest BCUT2D eigenvalue weighted by molar-refractivity contribution is 5.96. The predicted octanol–water partition coefficient (Wildman–Crippen LogP) is 4.91. The summed E-state index contributed by atoms with van der Waals surface area (Å²) in [5, 5.41) is 3.75. The molecule has 2 aliphatic rings. The van der Waals surface area contributed by atoms with Crippen molar-refractivity contribution in [3.63, 3.8) is 0 Å². The van der Waals surface area contributed by atoms with Crippen LogP contribution in [0.1, 0.15) is 47.7 Å². The van der Waals surface area contributed by atoms with Crippen LogP contribution in [-0.2, 0) is 29.0 Å². The first kappa shape index (κ1) is 30.4. The van der Waals surface area contributed by atoms with Gasteiger partial charge < -0.3 is 19.9 Å². The number of hydrogen-bond donors (Lipinski definition) is 1. The Morgan fingerprint density at radius 1 is 1.08 bits per heavy atom. The first-order chi connectivity index (χ1) is 18.0. The van der Waals surface area contributed by atoms with Gasteiger partial charge >= 0.3 is 0 Å². The van der Waals surface area contributed by atoms with Crippen LogP contribution in [0, 0.1) is 0 Å². The van der Waals surface area contributed by atoms with Crippen LogP contribution >= 0.6 is 24.8 Å². The van der Waals surface area contributed by atoms with Crippen molar-refractivity contribution in [1.29, 1.82) is 0 Å². The molecule has 2 amide bonds. The first-order valence-electron chi connectivity index (χ1n) is 13.0. The molecule has 3 aromatic rings. The number of carbonyl (C=O) groups excluding carboxylic acids is 2. The molecule has 0 bridgehead atoms. The summed E-state index contributed by atoms with van der Waals surface area (Å²) >= 11 is 0. The van der Waals surface area contributed by atoms with Crippen molar-refractivity contribution >= 4 is 42.3 Å². The van der Waals surface area contributed by atoms with Gasteiger partial charge in [0.1, 0.15) is 5.75 Å². The lowest BCUT2D eigenvalue weighted by molar-refractivity contribution is -0.135. The standard InChI is InChI=1S/C30H34N4O3.2ClH/c1-33-26-17-23(27(37-2)18-22(26)13-14-28(33)35)20-32-25-12-8-16-34(30(25)21-9-4-3-5-10-21)29(36)19-24-11-6-7-15-31-24;;/h3-7,9-11,15,17-18,25,30,32H,8,12-14,16,19-20H2,1-2H3;2*1H. The Morgan fingerprint density at radius 2 is 1.85 bits per heavy atom. The molecule has 0 aliphatic carbocycles. The van der Waals surface area contributed by atoms with Gasteiger partial charge in [0, 0.05) is 55.7 Å². The van der Waals surface area contributed by atoms with Crippen LogP contribution in [-0.4, -0.2) is 48.4 Å². The van der Waals surface area contributed by atoms with E-state index in [0.717, 1.165) is 59.6 Å². The lowest BCUT2D eigenvalue weighted by atomic mass is 9.89. The summed E-state index contributed by atoms with van der Waals surface area (Å²) in [6.07, 6.45) is 5.15. The van der Waals surface area contributed by atoms with Crippen molar-refractivity contribution in [3.8, 4) is 5.75 Å². The van der Waals surface area contributed by atoms with Gasteiger partial charge in [0.05, 0.1) is 19.6 Å². The molecule has 2 atom stereocenters. The summed E-state index contributed by atoms with van der Waals surface area (Å²) in [5.41, 5.74) is 4.99. The summed E-state index contributed by atoms with van der Waals surface area (Å²) in [6, 6.07) is 20.1. The molecular weight excluding hydrogens is 535 g/mol. The van der Waals surface area contributed by atoms with Crippen LogP contribution in [0.3, 0.4) is 0 Å². The number of amides is 2. The Hall–Kier alpha value is -3.13. The number of aryl methyl sites for hydroxylation is 1. The lowest BCUT2D eigenvalue weighted by Gasteiger charge is -2.42. The number of fused-ring (bicyclic) bond motifs is 1. The van der Waals surface area contributed by atoms with Crippen molar-refractivity contribution in [2.45, 2.75) is 50.7 Å². The zero-order chi connectivity index (χ0) is 25.8. The molecule has 39 heavy (non-hydrogen) atoms. The number of hydrogen-bond acceptors (Lipinski definition) is 5. The average Bonchev–Trinajstić information content (AvgIpc) is 2.94. The minimum absolute atomic E-state index is 0. The molecule has 2 aromatic carbocycles. The number of aromatic nitrogens is 1. The highest BCUT2D eigenvalue weighted by Crippen LogP contribution is 2.35. The van der Waals surface area contributed by atoms with E-state index in [0.29, 0.717) is 13.0 Å². The van der Waals surface area contributed by atoms with Gasteiger partial charge in [-0.25, -0.2) is 0 Å². The van der Waals surface area contributed by atoms with Crippen molar-refractivity contribution in [3.05, 3.63) is 89.2 Å². The van der Waals surface area contributed by atoms with Crippen LogP contribution in [0.5, 0.6) is 5.75 Å². The van der Waals surface area contributed by atoms with E-state index in [1.54, 1.807) is 18.2 Å². The van der Waals surface area contributed by atoms with E-state index < -0.39 is 0 Å². The smallest absolute Gasteiger partial charge is 0.229 e. The number of halogens is 2. The second-order valence-electron chi connectivity index (χ2n) is 9.82. The number of benzene rings is 2. The minimum Gasteiger partial charge on any atom is -0.496 e. The summed E-state index contributed by atoms with van der Waals surface area (Å²) in [7, 11) is 3.52. The molecule has 0 radical (unpaired) electrons. The van der Waals surface area contributed by atoms with Crippen LogP contribution in [0.15, 0.2) is 66.9 Å². The normalized spacial score (nSPS) is 18.5. The van der Waals surface area contributed by atoms with E-state index >= 15 is 0 Å². The predicted molar refractivity (Wildman–Crippen MR) is 158 cm³/mol. The van der Waals surface area contributed by atoms with Gasteiger partial charge in [-0.1, -0.05) is 36.4 Å². The van der Waals surface area contributed by atoms with Gasteiger partial charge in [0.2, 0.25) is 11.8 Å². The molecule has 7 nitrogen and oxygen atoms in total. The number of nitrogens with zero attached hydrogens (tertiary/aromatic N) is 3. The van der Waals surface area contributed by atoms with Crippen molar-refractivity contribution in [2.75, 3.05) is 25.6 Å². The first-order valence-corrected chi connectivity index (χ1v) is 13.0. The molecule has 1 saturated heterocycles. The highest BCUT2D eigenvalue weighted by Gasteiger charge is 2.35. The van der Waals surface area contributed by atoms with E-state index in [4.69, 9.17) is 4.74 Å². The number of pyridine rings is 1. The Balaban J connectivity index is 0.00000210. The van der Waals surface area contributed by atoms with Gasteiger partial charge in [-0.2, -0.15) is 0 Å². The SMILES string of the molecule is COc1cc2c(cc1CNC1CCCN(C(=O)Cc3ccccn3)C1c1ccccc1)N(C)C(=O)CC2.Cl.Cl. The molecule has 5 rings (SSSR count). The molecule has 1 fully saturated rings. The molecule has 0 spiro atoms. The number of carbonyl (C=O) groups is 2. The number of piperidine rings is 1. The third-order valence-electron chi connectivity index (χ3n) is 7.53. The van der Waals surface area contributed by atoms with E-state index in [9.17, 15) is 9.59 Å². The van der Waals surface area contributed by atoms with Gasteiger partial charge in [0.15, 0.2) is 0 Å². The second-order valence-corrected chi connectivity index (χ2v) is 9.82. The molecule has 9 heteroatoms. The number of ether oxygens (including phenoxy) is 1. The maximum absolute atomic E-state index is 13.5. The maximum atomic E-state index is 13.5. The molecule has 208 valence electrons. The van der Waals surface area contributed by atoms with Gasteiger partial charge in [-0.15, -0.1) is 24.8 Å². The van der Waals surface area contributed by atoms with E-state index in [1.807, 2.05) is 48.3 Å². The van der Waals surface area contributed by atoms with E-state index in [-0.39, 0.29) is 55.1 Å². The fourth-order valence-electron chi connectivity index (χ4n) is 5.59. The molecule has 0 saturated carbocycles. The molecule has 1 N–H and O–H groups in total. The molecular formula is C30H36Cl2N4O3. The van der Waals surface area contributed by atoms with Crippen LogP contribution < -0.4 is 15.0 Å². The van der Waals surface area contributed by atoms with Crippen LogP contribution in [0.2, 0.25) is 0 Å². The van der Waals surface area contributed by atoms with Crippen molar-refractivity contribution in [2.24, 2.45) is 0 Å². The monoisotopic (exact) mass is 570 g/mol. The molecule has 2 unspecified atom stereocenters. The number of anilines is 1. The lowest BCUT2D eigenvalue weighted by Crippen LogP contribution is -2.50. The van der Waals surface area contributed by atoms with Crippen molar-refractivity contribution < 1.29 is 14.3 Å². The summed E-state index contributed by atoms with van der Waals surface area (Å²) in [5.74, 6) is 1.05. The fraction of sp³-hybridized carbons (Fsp3) is 0.367. The van der Waals surface area contributed by atoms with Crippen molar-refractivity contribution in [1.82, 2.24) is 15.2 Å². The average molecular weight is 572 g/mol. The van der Waals surface area contributed by atoms with Gasteiger partial charge in [0.25, 0.3) is 0 Å². The fourth-order valence-corrected chi connectivity index (χ4v) is 5.59. The molecule has 1 aromatic heterocycles. The second kappa shape index (κ2) is 13.8. The van der Waals surface area contributed by atoms with Crippen LogP contribution in [0.4, 0.5) is 5.69 Å². The topological polar surface area (TPSA) is 74.8 Å². The highest BCUT2D eigenvalue weighted by atomic mass is 35.5. The van der Waals surface area contributed by atoms with E-state index in [2.05, 4.69) is 34.6 Å². The Bertz CT molecular complexity index is 1260.